The molecule has 6 rings (SSSR count). The first kappa shape index (κ1) is 51.8. The number of methoxy groups -OCH3 is 1. The number of cyclic esters (lactones) is 1. The molecule has 3 aromatic rings. The molecule has 0 spiro atoms. The molecule has 4 amide bonds. The van der Waals surface area contributed by atoms with Gasteiger partial charge in [0.25, 0.3) is 5.91 Å². The van der Waals surface area contributed by atoms with Gasteiger partial charge in [-0.05, 0) is 105 Å². The van der Waals surface area contributed by atoms with E-state index in [1.54, 1.807) is 40.0 Å². The molecule has 68 heavy (non-hydrogen) atoms. The van der Waals surface area contributed by atoms with Crippen LogP contribution < -0.4 is 16.5 Å². The molecular weight excluding hydrogens is 865 g/mol. The number of phenols is 1. The van der Waals surface area contributed by atoms with E-state index in [1.165, 1.54) is 28.9 Å². The fourth-order valence-electron chi connectivity index (χ4n) is 9.94. The molecule has 6 bridgehead atoms. The molecule has 16 heteroatoms. The highest BCUT2D eigenvalue weighted by molar-refractivity contribution is 5.96. The lowest BCUT2D eigenvalue weighted by molar-refractivity contribution is -0.155. The smallest absolute Gasteiger partial charge is 0.324 e. The van der Waals surface area contributed by atoms with E-state index in [4.69, 9.17) is 20.2 Å². The second kappa shape index (κ2) is 21.8. The van der Waals surface area contributed by atoms with Gasteiger partial charge in [0.15, 0.2) is 0 Å². The third-order valence-corrected chi connectivity index (χ3v) is 13.9. The van der Waals surface area contributed by atoms with Gasteiger partial charge in [-0.3, -0.25) is 34.0 Å². The predicted molar refractivity (Wildman–Crippen MR) is 264 cm³/mol. The molecular formula is C52H74N8O8. The van der Waals surface area contributed by atoms with Crippen LogP contribution in [-0.4, -0.2) is 131 Å². The number of hydrogen-bond donors (Lipinski definition) is 4. The molecule has 16 nitrogen and oxygen atoms in total. The number of rotatable bonds is 13. The van der Waals surface area contributed by atoms with Crippen LogP contribution in [0.5, 0.6) is 5.75 Å². The maximum atomic E-state index is 14.7. The Morgan fingerprint density at radius 3 is 2.49 bits per heavy atom. The van der Waals surface area contributed by atoms with Gasteiger partial charge in [0.2, 0.25) is 17.7 Å². The number of hydrogen-bond acceptors (Lipinski definition) is 11. The lowest BCUT2D eigenvalue weighted by Gasteiger charge is -2.37. The van der Waals surface area contributed by atoms with Crippen LogP contribution >= 0.6 is 0 Å². The minimum atomic E-state index is -1.19. The number of nitrogens with zero attached hydrogens (tertiary/aromatic N) is 5. The Hall–Kier alpha value is -5.58. The highest BCUT2D eigenvalue weighted by atomic mass is 16.5. The maximum absolute atomic E-state index is 14.7. The molecule has 5 N–H and O–H groups in total. The molecule has 3 aliphatic rings. The van der Waals surface area contributed by atoms with Crippen molar-refractivity contribution in [3.63, 3.8) is 0 Å². The third kappa shape index (κ3) is 11.3. The number of carbonyl (C=O) groups excluding carboxylic acids is 5. The number of aromatic hydroxyl groups is 1. The van der Waals surface area contributed by atoms with Gasteiger partial charge in [-0.2, -0.15) is 0 Å². The Bertz CT molecular complexity index is 2440. The number of amides is 4. The standard InChI is InChI=1S/C52H74N8O8/c1-12-40(53)31(5)49(64)57(9)28-44(62)58(10)46(30(3)4)48(63)55-42-24-33-22-35(25-36(61)23-33)34-18-19-43-38(26-34)39(47(59(43)13-2)37-16-14-20-54-45(37)32(6)67-11)27-52(7,8)29-68-51(66)41-17-15-21-60(56-41)50(42)65/h18-20,22-23,25-26,30-32,40-42,46,56,61H,12-17,21,24,27-29,53H2,1-11H3,(H,55,63)/t31-,32-,40-,41-,42-,46-/m0/s1. The van der Waals surface area contributed by atoms with Crippen LogP contribution in [-0.2, 0) is 52.8 Å². The molecule has 0 saturated carbocycles. The van der Waals surface area contributed by atoms with Crippen LogP contribution in [0.25, 0.3) is 27.6 Å². The van der Waals surface area contributed by atoms with Crippen molar-refractivity contribution in [1.82, 2.24) is 30.1 Å². The summed E-state index contributed by atoms with van der Waals surface area (Å²) >= 11 is 0. The minimum Gasteiger partial charge on any atom is -0.508 e. The quantitative estimate of drug-likeness (QED) is 0.156. The molecule has 0 radical (unpaired) electrons. The zero-order chi connectivity index (χ0) is 49.8. The van der Waals surface area contributed by atoms with E-state index in [1.807, 2.05) is 32.2 Å². The fraction of sp³-hybridized carbons (Fsp3) is 0.577. The summed E-state index contributed by atoms with van der Waals surface area (Å²) in [6.45, 7) is 16.4. The molecule has 0 unspecified atom stereocenters. The first-order valence-electron chi connectivity index (χ1n) is 24.3. The van der Waals surface area contributed by atoms with Gasteiger partial charge < -0.3 is 40.0 Å². The van der Waals surface area contributed by atoms with Crippen molar-refractivity contribution < 1.29 is 38.6 Å². The summed E-state index contributed by atoms with van der Waals surface area (Å²) in [5.74, 6) is -3.19. The van der Waals surface area contributed by atoms with Crippen LogP contribution in [0.2, 0.25) is 0 Å². The SMILES string of the molecule is CC[C@H](N)[C@H](C)C(=O)N(C)CC(=O)N(C)[C@H](C(=O)N[C@H]1Cc2cc(O)cc(c2)-c2ccc3c(c2)c(c(C2=C([C@H](C)OC)N=CCC2)n3CC)CC(C)(C)COC(=O)[C@@H]2CCCN(N2)C1=O)C(C)C. The Balaban J connectivity index is 1.43. The van der Waals surface area contributed by atoms with E-state index < -0.39 is 59.1 Å². The number of benzene rings is 2. The number of aliphatic imine (C=N–C) groups is 1. The van der Waals surface area contributed by atoms with Crippen LogP contribution in [0.15, 0.2) is 47.1 Å². The largest absolute Gasteiger partial charge is 0.508 e. The summed E-state index contributed by atoms with van der Waals surface area (Å²) in [4.78, 5) is 77.6. The Morgan fingerprint density at radius 2 is 1.81 bits per heavy atom. The Morgan fingerprint density at radius 1 is 1.07 bits per heavy atom. The van der Waals surface area contributed by atoms with Crippen molar-refractivity contribution in [1.29, 1.82) is 0 Å². The number of hydrazine groups is 1. The Labute approximate surface area is 401 Å². The summed E-state index contributed by atoms with van der Waals surface area (Å²) in [5.41, 5.74) is 16.1. The van der Waals surface area contributed by atoms with Crippen molar-refractivity contribution in [2.75, 3.05) is 40.9 Å². The minimum absolute atomic E-state index is 0.0155. The number of nitrogens with two attached hydrogens (primary N) is 1. The zero-order valence-corrected chi connectivity index (χ0v) is 42.0. The van der Waals surface area contributed by atoms with Crippen LogP contribution in [0.1, 0.15) is 104 Å². The molecule has 1 fully saturated rings. The van der Waals surface area contributed by atoms with Gasteiger partial charge in [-0.15, -0.1) is 0 Å². The lowest BCUT2D eigenvalue weighted by Crippen LogP contribution is -2.62. The highest BCUT2D eigenvalue weighted by Gasteiger charge is 2.38. The van der Waals surface area contributed by atoms with Gasteiger partial charge in [-0.25, -0.2) is 5.43 Å². The zero-order valence-electron chi connectivity index (χ0n) is 42.0. The number of aryl methyl sites for hydroxylation is 1. The first-order chi connectivity index (χ1) is 32.2. The number of nitrogens with one attached hydrogen (secondary N) is 2. The molecule has 1 saturated heterocycles. The van der Waals surface area contributed by atoms with E-state index in [0.717, 1.165) is 57.4 Å². The highest BCUT2D eigenvalue weighted by Crippen LogP contribution is 2.42. The second-order valence-corrected chi connectivity index (χ2v) is 20.1. The molecule has 0 aliphatic carbocycles. The third-order valence-electron chi connectivity index (χ3n) is 13.9. The topological polar surface area (TPSA) is 201 Å². The van der Waals surface area contributed by atoms with Gasteiger partial charge in [-0.1, -0.05) is 53.7 Å². The van der Waals surface area contributed by atoms with E-state index in [2.05, 4.69) is 48.2 Å². The van der Waals surface area contributed by atoms with Crippen molar-refractivity contribution in [2.24, 2.45) is 28.0 Å². The summed E-state index contributed by atoms with van der Waals surface area (Å²) < 4.78 is 14.3. The molecule has 370 valence electrons. The lowest BCUT2D eigenvalue weighted by atomic mass is 9.83. The Kier molecular flexibility index (Phi) is 16.6. The second-order valence-electron chi connectivity index (χ2n) is 20.1. The predicted octanol–water partition coefficient (Wildman–Crippen LogP) is 5.61. The van der Waals surface area contributed by atoms with E-state index in [9.17, 15) is 29.1 Å². The fourth-order valence-corrected chi connectivity index (χ4v) is 9.94. The number of phenolic OH excluding ortho intramolecular Hbond substituents is 1. The van der Waals surface area contributed by atoms with Crippen LogP contribution in [0, 0.1) is 17.3 Å². The van der Waals surface area contributed by atoms with Crippen molar-refractivity contribution in [2.45, 2.75) is 137 Å². The van der Waals surface area contributed by atoms with E-state index in [0.29, 0.717) is 37.8 Å². The average molecular weight is 939 g/mol. The first-order valence-corrected chi connectivity index (χ1v) is 24.3. The molecule has 1 aromatic heterocycles. The number of likely N-dealkylation sites (N-methyl/N-ethyl adjacent to an activating group) is 2. The number of ether oxygens (including phenoxy) is 2. The number of carbonyl (C=O) groups is 5. The number of esters is 1. The average Bonchev–Trinajstić information content (AvgIpc) is 3.62. The van der Waals surface area contributed by atoms with Crippen LogP contribution in [0.4, 0.5) is 0 Å². The van der Waals surface area contributed by atoms with Crippen molar-refractivity contribution in [3.05, 3.63) is 58.9 Å². The van der Waals surface area contributed by atoms with Gasteiger partial charge in [0, 0.05) is 74.9 Å². The monoisotopic (exact) mass is 939 g/mol. The molecule has 6 atom stereocenters. The maximum Gasteiger partial charge on any atom is 0.324 e. The van der Waals surface area contributed by atoms with E-state index >= 15 is 0 Å². The molecule has 4 heterocycles. The van der Waals surface area contributed by atoms with Crippen LogP contribution in [0.3, 0.4) is 0 Å². The normalized spacial score (nSPS) is 20.6. The number of aromatic nitrogens is 1. The molecule has 3 aliphatic heterocycles. The number of allylic oxidation sites excluding steroid dienone is 1. The molecule has 2 aromatic carbocycles. The summed E-state index contributed by atoms with van der Waals surface area (Å²) in [6, 6.07) is 8.08. The summed E-state index contributed by atoms with van der Waals surface area (Å²) in [7, 11) is 4.75. The van der Waals surface area contributed by atoms with Crippen molar-refractivity contribution in [3.8, 4) is 16.9 Å². The van der Waals surface area contributed by atoms with E-state index in [-0.39, 0.29) is 49.9 Å². The summed E-state index contributed by atoms with van der Waals surface area (Å²) in [6.07, 6.45) is 5.36. The van der Waals surface area contributed by atoms with Gasteiger partial charge in [0.1, 0.15) is 23.9 Å². The van der Waals surface area contributed by atoms with Gasteiger partial charge in [0.05, 0.1) is 36.6 Å². The van der Waals surface area contributed by atoms with Gasteiger partial charge >= 0.3 is 5.97 Å². The number of fused-ring (bicyclic) bond motifs is 6. The summed E-state index contributed by atoms with van der Waals surface area (Å²) in [5, 5.41) is 16.7. The van der Waals surface area contributed by atoms with Crippen molar-refractivity contribution >= 4 is 52.3 Å².